The number of Topliss-reactive ketones (excluding diaryl/α,β-unsaturated/α-hetero) is 1. The van der Waals surface area contributed by atoms with Crippen LogP contribution in [0.2, 0.25) is 0 Å². The fourth-order valence-electron chi connectivity index (χ4n) is 5.22. The lowest BCUT2D eigenvalue weighted by Crippen LogP contribution is -2.41. The molecule has 0 unspecified atom stereocenters. The van der Waals surface area contributed by atoms with E-state index >= 15 is 0 Å². The Balaban J connectivity index is 3.66. The average Bonchev–Trinajstić information content (AvgIpc) is 3.16. The van der Waals surface area contributed by atoms with Crippen LogP contribution in [0.1, 0.15) is 116 Å². The van der Waals surface area contributed by atoms with Gasteiger partial charge in [0.1, 0.15) is 19.3 Å². The van der Waals surface area contributed by atoms with Crippen molar-refractivity contribution in [1.29, 1.82) is 0 Å². The number of hydrogen-bond acceptors (Lipinski definition) is 11. The van der Waals surface area contributed by atoms with Crippen LogP contribution < -0.4 is 21.3 Å². The summed E-state index contributed by atoms with van der Waals surface area (Å²) >= 11 is 3.03. The van der Waals surface area contributed by atoms with Crippen LogP contribution in [0.3, 0.4) is 0 Å². The number of halogens is 1. The Kier molecular flexibility index (Phi) is 36.5. The molecule has 324 valence electrons. The highest BCUT2D eigenvalue weighted by Gasteiger charge is 2.20. The van der Waals surface area contributed by atoms with Crippen LogP contribution in [0.4, 0.5) is 0 Å². The van der Waals surface area contributed by atoms with Gasteiger partial charge in [0.05, 0.1) is 38.4 Å². The van der Waals surface area contributed by atoms with E-state index in [1.54, 1.807) is 0 Å². The third kappa shape index (κ3) is 37.7. The summed E-state index contributed by atoms with van der Waals surface area (Å²) in [5, 5.41) is 28.7. The Morgan fingerprint density at radius 3 is 1.54 bits per heavy atom. The molecule has 0 saturated carbocycles. The van der Waals surface area contributed by atoms with Crippen molar-refractivity contribution in [3.8, 4) is 0 Å². The highest BCUT2D eigenvalue weighted by Crippen LogP contribution is 2.13. The van der Waals surface area contributed by atoms with E-state index < -0.39 is 18.0 Å². The molecule has 56 heavy (non-hydrogen) atoms. The van der Waals surface area contributed by atoms with Crippen LogP contribution in [-0.2, 0) is 52.5 Å². The normalized spacial score (nSPS) is 11.4. The van der Waals surface area contributed by atoms with Crippen molar-refractivity contribution >= 4 is 57.3 Å². The molecule has 18 heteroatoms. The van der Waals surface area contributed by atoms with Gasteiger partial charge in [-0.1, -0.05) is 80.1 Å². The van der Waals surface area contributed by atoms with E-state index in [-0.39, 0.29) is 120 Å². The van der Waals surface area contributed by atoms with E-state index in [0.29, 0.717) is 32.5 Å². The largest absolute Gasteiger partial charge is 0.481 e. The number of unbranched alkanes of at least 4 members (excludes halogenated alkanes) is 11. The number of carboxylic acid groups (broad SMARTS) is 2. The van der Waals surface area contributed by atoms with Gasteiger partial charge in [-0.3, -0.25) is 28.8 Å². The molecule has 0 aliphatic carbocycles. The van der Waals surface area contributed by atoms with Gasteiger partial charge in [0, 0.05) is 51.9 Å². The second-order valence-corrected chi connectivity index (χ2v) is 13.8. The van der Waals surface area contributed by atoms with Crippen molar-refractivity contribution in [3.63, 3.8) is 0 Å². The zero-order valence-electron chi connectivity index (χ0n) is 33.1. The van der Waals surface area contributed by atoms with Crippen molar-refractivity contribution in [3.05, 3.63) is 0 Å². The Bertz CT molecular complexity index is 1100. The van der Waals surface area contributed by atoms with E-state index in [1.165, 1.54) is 19.3 Å². The van der Waals surface area contributed by atoms with Gasteiger partial charge in [-0.15, -0.1) is 0 Å². The van der Waals surface area contributed by atoms with Gasteiger partial charge in [0.2, 0.25) is 23.6 Å². The highest BCUT2D eigenvalue weighted by atomic mass is 79.9. The molecule has 0 radical (unpaired) electrons. The summed E-state index contributed by atoms with van der Waals surface area (Å²) in [4.78, 5) is 81.2. The van der Waals surface area contributed by atoms with Crippen LogP contribution in [0.15, 0.2) is 0 Å². The van der Waals surface area contributed by atoms with Gasteiger partial charge in [-0.2, -0.15) is 0 Å². The van der Waals surface area contributed by atoms with Gasteiger partial charge in [0.15, 0.2) is 5.78 Å². The number of ketones is 1. The van der Waals surface area contributed by atoms with Gasteiger partial charge in [0.25, 0.3) is 0 Å². The monoisotopic (exact) mass is 866 g/mol. The molecule has 0 aromatic rings. The number of amides is 4. The first-order chi connectivity index (χ1) is 27.0. The van der Waals surface area contributed by atoms with Crippen molar-refractivity contribution < 1.29 is 62.7 Å². The number of rotatable bonds is 41. The molecule has 0 rings (SSSR count). The van der Waals surface area contributed by atoms with Gasteiger partial charge in [-0.05, 0) is 25.7 Å². The maximum Gasteiger partial charge on any atom is 0.326 e. The maximum absolute atomic E-state index is 12.3. The summed E-state index contributed by atoms with van der Waals surface area (Å²) in [5.41, 5.74) is 0. The van der Waals surface area contributed by atoms with E-state index in [4.69, 9.17) is 24.1 Å². The summed E-state index contributed by atoms with van der Waals surface area (Å²) in [6, 6.07) is -1.14. The van der Waals surface area contributed by atoms with E-state index in [9.17, 15) is 38.7 Å². The van der Waals surface area contributed by atoms with Crippen molar-refractivity contribution in [1.82, 2.24) is 21.3 Å². The number of carboxylic acids is 2. The summed E-state index contributed by atoms with van der Waals surface area (Å²) in [7, 11) is 0. The average molecular weight is 868 g/mol. The molecule has 0 aliphatic rings. The summed E-state index contributed by atoms with van der Waals surface area (Å²) < 4.78 is 21.3. The molecule has 0 aromatic heterocycles. The van der Waals surface area contributed by atoms with E-state index in [0.717, 1.165) is 51.4 Å². The SMILES string of the molecule is O=C(O)CCCCCCCCCCCCCCC(=O)N[C@@H](CCC(=O)NCCOCCOCC(=O)CCCOCCOCC(=O)NCCNC(=O)CBr)C(=O)O. The van der Waals surface area contributed by atoms with E-state index in [1.807, 2.05) is 0 Å². The van der Waals surface area contributed by atoms with Crippen LogP contribution in [-0.4, -0.2) is 135 Å². The van der Waals surface area contributed by atoms with Crippen LogP contribution in [0, 0.1) is 0 Å². The standard InChI is InChI=1S/C38H67BrN4O13/c39-28-35(47)40-19-20-41-36(48)30-56-27-24-53-22-13-14-31(44)29-55-26-25-54-23-21-42-33(45)18-17-32(38(51)52)43-34(46)15-11-9-7-5-3-1-2-4-6-8-10-12-16-37(49)50/h32H,1-30H2,(H,40,47)(H,41,48)(H,42,45)(H,43,46)(H,49,50)(H,51,52)/t32-/m0/s1. The molecular weight excluding hydrogens is 800 g/mol. The predicted molar refractivity (Wildman–Crippen MR) is 211 cm³/mol. The summed E-state index contributed by atoms with van der Waals surface area (Å²) in [6.45, 7) is 2.19. The number of aliphatic carboxylic acids is 2. The lowest BCUT2D eigenvalue weighted by Gasteiger charge is -2.14. The first-order valence-electron chi connectivity index (χ1n) is 20.0. The Morgan fingerprint density at radius 2 is 0.964 bits per heavy atom. The predicted octanol–water partition coefficient (Wildman–Crippen LogP) is 3.04. The number of alkyl halides is 1. The Labute approximate surface area is 339 Å². The van der Waals surface area contributed by atoms with Crippen molar-refractivity contribution in [2.24, 2.45) is 0 Å². The van der Waals surface area contributed by atoms with E-state index in [2.05, 4.69) is 37.2 Å². The number of hydrogen-bond donors (Lipinski definition) is 6. The molecule has 17 nitrogen and oxygen atoms in total. The zero-order valence-corrected chi connectivity index (χ0v) is 34.6. The molecule has 6 N–H and O–H groups in total. The Hall–Kier alpha value is -3.19. The number of ether oxygens (including phenoxy) is 4. The second-order valence-electron chi connectivity index (χ2n) is 13.3. The fourth-order valence-corrected chi connectivity index (χ4v) is 5.41. The molecule has 0 spiro atoms. The molecule has 0 aliphatic heterocycles. The zero-order chi connectivity index (χ0) is 41.5. The molecule has 4 amide bonds. The minimum atomic E-state index is -1.19. The fraction of sp³-hybridized carbons (Fsp3) is 0.816. The van der Waals surface area contributed by atoms with Gasteiger partial charge in [-0.25, -0.2) is 4.79 Å². The lowest BCUT2D eigenvalue weighted by atomic mass is 10.0. The summed E-state index contributed by atoms with van der Waals surface area (Å²) in [5.74, 6) is -3.13. The quantitative estimate of drug-likeness (QED) is 0.0383. The smallest absolute Gasteiger partial charge is 0.326 e. The van der Waals surface area contributed by atoms with Crippen molar-refractivity contribution in [2.75, 3.05) is 77.8 Å². The van der Waals surface area contributed by atoms with Gasteiger partial charge >= 0.3 is 11.9 Å². The molecule has 0 aromatic carbocycles. The minimum Gasteiger partial charge on any atom is -0.481 e. The molecule has 0 bridgehead atoms. The summed E-state index contributed by atoms with van der Waals surface area (Å²) in [6.07, 6.45) is 13.5. The maximum atomic E-state index is 12.3. The number of carbonyl (C=O) groups is 7. The van der Waals surface area contributed by atoms with Crippen LogP contribution in [0.25, 0.3) is 0 Å². The second kappa shape index (κ2) is 38.7. The molecule has 0 saturated heterocycles. The topological polar surface area (TPSA) is 245 Å². The number of carbonyl (C=O) groups excluding carboxylic acids is 5. The lowest BCUT2D eigenvalue weighted by molar-refractivity contribution is -0.142. The van der Waals surface area contributed by atoms with Gasteiger partial charge < -0.3 is 50.4 Å². The van der Waals surface area contributed by atoms with Crippen molar-refractivity contribution in [2.45, 2.75) is 122 Å². The Morgan fingerprint density at radius 1 is 0.464 bits per heavy atom. The molecule has 0 heterocycles. The first-order valence-corrected chi connectivity index (χ1v) is 21.1. The van der Waals surface area contributed by atoms with Crippen LogP contribution in [0.5, 0.6) is 0 Å². The minimum absolute atomic E-state index is 0.0263. The third-order valence-corrected chi connectivity index (χ3v) is 8.79. The molecule has 1 atom stereocenters. The highest BCUT2D eigenvalue weighted by molar-refractivity contribution is 9.09. The molecule has 0 fully saturated rings. The number of nitrogens with one attached hydrogen (secondary N) is 4. The first kappa shape index (κ1) is 52.8. The molecular formula is C38H67BrN4O13. The third-order valence-electron chi connectivity index (χ3n) is 8.28. The van der Waals surface area contributed by atoms with Crippen LogP contribution >= 0.6 is 15.9 Å².